The number of hydrogen-bond acceptors (Lipinski definition) is 2. The summed E-state index contributed by atoms with van der Waals surface area (Å²) in [5, 5.41) is 13.7. The van der Waals surface area contributed by atoms with Gasteiger partial charge in [0.2, 0.25) is 0 Å². The molecule has 2 nitrogen and oxygen atoms in total. The highest BCUT2D eigenvalue weighted by Gasteiger charge is 2.28. The van der Waals surface area contributed by atoms with Gasteiger partial charge < -0.3 is 10.4 Å². The summed E-state index contributed by atoms with van der Waals surface area (Å²) in [6.45, 7) is 1.92. The lowest BCUT2D eigenvalue weighted by atomic mass is 9.82. The van der Waals surface area contributed by atoms with Crippen LogP contribution in [0.25, 0.3) is 0 Å². The van der Waals surface area contributed by atoms with Crippen molar-refractivity contribution in [3.05, 3.63) is 0 Å². The fraction of sp³-hybridized carbons (Fsp3) is 1.00. The van der Waals surface area contributed by atoms with Gasteiger partial charge in [-0.3, -0.25) is 0 Å². The van der Waals surface area contributed by atoms with Crippen molar-refractivity contribution in [1.29, 1.82) is 0 Å². The van der Waals surface area contributed by atoms with Crippen LogP contribution in [-0.4, -0.2) is 23.8 Å². The van der Waals surface area contributed by atoms with Gasteiger partial charge in [0.05, 0.1) is 5.60 Å². The Morgan fingerprint density at radius 1 is 1.07 bits per heavy atom. The van der Waals surface area contributed by atoms with Gasteiger partial charge in [-0.1, -0.05) is 38.5 Å². The molecule has 2 aliphatic carbocycles. The van der Waals surface area contributed by atoms with E-state index in [9.17, 15) is 5.11 Å². The maximum Gasteiger partial charge on any atom is 0.0771 e. The molecule has 0 atom stereocenters. The fourth-order valence-electron chi connectivity index (χ4n) is 2.80. The van der Waals surface area contributed by atoms with Gasteiger partial charge in [0.1, 0.15) is 0 Å². The third kappa shape index (κ3) is 3.46. The van der Waals surface area contributed by atoms with E-state index < -0.39 is 0 Å². The standard InChI is InChI=1S/C13H25NO/c15-13(8-2-1-3-9-13)11-14-10-7-12-5-4-6-12/h12,14-15H,1-11H2. The molecule has 0 heterocycles. The van der Waals surface area contributed by atoms with Crippen molar-refractivity contribution in [3.63, 3.8) is 0 Å². The molecule has 2 saturated carbocycles. The van der Waals surface area contributed by atoms with E-state index in [0.717, 1.165) is 31.8 Å². The van der Waals surface area contributed by atoms with Crippen molar-refractivity contribution >= 4 is 0 Å². The molecule has 0 saturated heterocycles. The quantitative estimate of drug-likeness (QED) is 0.685. The summed E-state index contributed by atoms with van der Waals surface area (Å²) in [5.74, 6) is 0.985. The number of aliphatic hydroxyl groups is 1. The highest BCUT2D eigenvalue weighted by atomic mass is 16.3. The third-order valence-corrected chi connectivity index (χ3v) is 4.19. The molecule has 88 valence electrons. The van der Waals surface area contributed by atoms with Crippen LogP contribution in [0.1, 0.15) is 57.8 Å². The first-order valence-corrected chi connectivity index (χ1v) is 6.72. The van der Waals surface area contributed by atoms with E-state index in [-0.39, 0.29) is 5.60 Å². The van der Waals surface area contributed by atoms with E-state index in [1.807, 2.05) is 0 Å². The predicted molar refractivity (Wildman–Crippen MR) is 62.9 cm³/mol. The average molecular weight is 211 g/mol. The molecule has 0 radical (unpaired) electrons. The lowest BCUT2D eigenvalue weighted by Crippen LogP contribution is -2.42. The molecule has 0 aromatic rings. The molecule has 2 fully saturated rings. The Morgan fingerprint density at radius 3 is 2.40 bits per heavy atom. The minimum Gasteiger partial charge on any atom is -0.389 e. The van der Waals surface area contributed by atoms with Crippen LogP contribution >= 0.6 is 0 Å². The van der Waals surface area contributed by atoms with E-state index in [1.165, 1.54) is 44.9 Å². The Labute approximate surface area is 93.5 Å². The van der Waals surface area contributed by atoms with Crippen LogP contribution in [0.15, 0.2) is 0 Å². The first kappa shape index (κ1) is 11.4. The second-order valence-electron chi connectivity index (χ2n) is 5.55. The van der Waals surface area contributed by atoms with Crippen molar-refractivity contribution in [2.45, 2.75) is 63.4 Å². The van der Waals surface area contributed by atoms with Gasteiger partial charge in [-0.15, -0.1) is 0 Å². The molecule has 2 aliphatic rings. The summed E-state index contributed by atoms with van der Waals surface area (Å²) in [6, 6.07) is 0. The molecule has 2 N–H and O–H groups in total. The maximum atomic E-state index is 10.2. The lowest BCUT2D eigenvalue weighted by molar-refractivity contribution is 0.00466. The summed E-state index contributed by atoms with van der Waals surface area (Å²) in [4.78, 5) is 0. The van der Waals surface area contributed by atoms with Crippen molar-refractivity contribution in [3.8, 4) is 0 Å². The largest absolute Gasteiger partial charge is 0.389 e. The third-order valence-electron chi connectivity index (χ3n) is 4.19. The van der Waals surface area contributed by atoms with E-state index in [1.54, 1.807) is 0 Å². The first-order chi connectivity index (χ1) is 7.29. The zero-order chi connectivity index (χ0) is 10.6. The summed E-state index contributed by atoms with van der Waals surface area (Å²) < 4.78 is 0. The molecular formula is C13H25NO. The average Bonchev–Trinajstić information content (AvgIpc) is 2.16. The lowest BCUT2D eigenvalue weighted by Gasteiger charge is -2.33. The molecule has 2 heteroatoms. The van der Waals surface area contributed by atoms with E-state index >= 15 is 0 Å². The summed E-state index contributed by atoms with van der Waals surface area (Å²) in [7, 11) is 0. The molecule has 0 bridgehead atoms. The van der Waals surface area contributed by atoms with Gasteiger partial charge in [-0.25, -0.2) is 0 Å². The van der Waals surface area contributed by atoms with Crippen molar-refractivity contribution in [1.82, 2.24) is 5.32 Å². The van der Waals surface area contributed by atoms with Crippen LogP contribution in [0, 0.1) is 5.92 Å². The predicted octanol–water partition coefficient (Wildman–Crippen LogP) is 2.46. The molecule has 0 amide bonds. The molecule has 0 unspecified atom stereocenters. The normalized spacial score (nSPS) is 26.2. The molecule has 15 heavy (non-hydrogen) atoms. The Kier molecular flexibility index (Phi) is 4.04. The van der Waals surface area contributed by atoms with Crippen LogP contribution in [-0.2, 0) is 0 Å². The second kappa shape index (κ2) is 5.31. The highest BCUT2D eigenvalue weighted by Crippen LogP contribution is 2.29. The van der Waals surface area contributed by atoms with Gasteiger partial charge in [-0.2, -0.15) is 0 Å². The maximum absolute atomic E-state index is 10.2. The Balaban J connectivity index is 1.55. The minimum atomic E-state index is -0.377. The van der Waals surface area contributed by atoms with Crippen LogP contribution in [0.4, 0.5) is 0 Å². The van der Waals surface area contributed by atoms with Crippen LogP contribution in [0.5, 0.6) is 0 Å². The molecular weight excluding hydrogens is 186 g/mol. The van der Waals surface area contributed by atoms with E-state index in [0.29, 0.717) is 0 Å². The molecule has 0 spiro atoms. The van der Waals surface area contributed by atoms with Gasteiger partial charge in [-0.05, 0) is 31.7 Å². The Hall–Kier alpha value is -0.0800. The molecule has 0 aromatic carbocycles. The fourth-order valence-corrected chi connectivity index (χ4v) is 2.80. The summed E-state index contributed by atoms with van der Waals surface area (Å²) in [6.07, 6.45) is 11.4. The topological polar surface area (TPSA) is 32.3 Å². The molecule has 2 rings (SSSR count). The van der Waals surface area contributed by atoms with E-state index in [4.69, 9.17) is 0 Å². The van der Waals surface area contributed by atoms with Gasteiger partial charge in [0.15, 0.2) is 0 Å². The zero-order valence-corrected chi connectivity index (χ0v) is 9.80. The minimum absolute atomic E-state index is 0.377. The number of nitrogens with one attached hydrogen (secondary N) is 1. The van der Waals surface area contributed by atoms with Crippen LogP contribution in [0.3, 0.4) is 0 Å². The van der Waals surface area contributed by atoms with Gasteiger partial charge >= 0.3 is 0 Å². The van der Waals surface area contributed by atoms with Crippen molar-refractivity contribution in [2.24, 2.45) is 5.92 Å². The van der Waals surface area contributed by atoms with Gasteiger partial charge in [0.25, 0.3) is 0 Å². The Bertz CT molecular complexity index is 183. The second-order valence-corrected chi connectivity index (χ2v) is 5.55. The van der Waals surface area contributed by atoms with Crippen LogP contribution in [0.2, 0.25) is 0 Å². The molecule has 0 aliphatic heterocycles. The van der Waals surface area contributed by atoms with E-state index in [2.05, 4.69) is 5.32 Å². The monoisotopic (exact) mass is 211 g/mol. The Morgan fingerprint density at radius 2 is 1.80 bits per heavy atom. The summed E-state index contributed by atoms with van der Waals surface area (Å²) >= 11 is 0. The van der Waals surface area contributed by atoms with Crippen LogP contribution < -0.4 is 5.32 Å². The van der Waals surface area contributed by atoms with Crippen molar-refractivity contribution < 1.29 is 5.11 Å². The highest BCUT2D eigenvalue weighted by molar-refractivity contribution is 4.84. The first-order valence-electron chi connectivity index (χ1n) is 6.72. The zero-order valence-electron chi connectivity index (χ0n) is 9.80. The van der Waals surface area contributed by atoms with Gasteiger partial charge in [0, 0.05) is 6.54 Å². The number of hydrogen-bond donors (Lipinski definition) is 2. The number of rotatable bonds is 5. The van der Waals surface area contributed by atoms with Crippen molar-refractivity contribution in [2.75, 3.05) is 13.1 Å². The smallest absolute Gasteiger partial charge is 0.0771 e. The SMILES string of the molecule is OC1(CNCCC2CCC2)CCCCC1. The molecule has 0 aromatic heterocycles. The summed E-state index contributed by atoms with van der Waals surface area (Å²) in [5.41, 5.74) is -0.377.